The Hall–Kier alpha value is -1.55. The summed E-state index contributed by atoms with van der Waals surface area (Å²) < 4.78 is 5.43. The number of carbonyl (C=O) groups is 1. The summed E-state index contributed by atoms with van der Waals surface area (Å²) in [6.45, 7) is 5.90. The van der Waals surface area contributed by atoms with Crippen LogP contribution in [0.3, 0.4) is 0 Å². The number of hydrogen-bond donors (Lipinski definition) is 2. The summed E-state index contributed by atoms with van der Waals surface area (Å²) in [4.78, 5) is 12.2. The van der Waals surface area contributed by atoms with E-state index in [1.165, 1.54) is 0 Å². The molecule has 0 radical (unpaired) electrons. The van der Waals surface area contributed by atoms with Crippen molar-refractivity contribution >= 4 is 5.91 Å². The van der Waals surface area contributed by atoms with Gasteiger partial charge in [-0.25, -0.2) is 0 Å². The van der Waals surface area contributed by atoms with Gasteiger partial charge in [-0.2, -0.15) is 0 Å². The molecule has 1 aliphatic rings. The molecule has 0 aliphatic carbocycles. The second kappa shape index (κ2) is 6.75. The van der Waals surface area contributed by atoms with Crippen molar-refractivity contribution in [1.82, 2.24) is 10.6 Å². The highest BCUT2D eigenvalue weighted by Crippen LogP contribution is 2.29. The van der Waals surface area contributed by atoms with Gasteiger partial charge in [0.25, 0.3) is 0 Å². The highest BCUT2D eigenvalue weighted by atomic mass is 16.5. The first-order valence-electron chi connectivity index (χ1n) is 7.25. The van der Waals surface area contributed by atoms with Gasteiger partial charge in [-0.05, 0) is 18.4 Å². The smallest absolute Gasteiger partial charge is 0.226 e. The Morgan fingerprint density at radius 1 is 1.40 bits per heavy atom. The molecule has 1 fully saturated rings. The van der Waals surface area contributed by atoms with Gasteiger partial charge in [0.2, 0.25) is 5.91 Å². The molecule has 0 spiro atoms. The van der Waals surface area contributed by atoms with Gasteiger partial charge in [-0.3, -0.25) is 4.79 Å². The van der Waals surface area contributed by atoms with Crippen LogP contribution in [0.2, 0.25) is 0 Å². The number of rotatable bonds is 6. The van der Waals surface area contributed by atoms with Crippen LogP contribution in [0.5, 0.6) is 5.75 Å². The zero-order chi connectivity index (χ0) is 14.5. The number of para-hydroxylation sites is 1. The summed E-state index contributed by atoms with van der Waals surface area (Å²) >= 11 is 0. The van der Waals surface area contributed by atoms with E-state index in [0.717, 1.165) is 30.8 Å². The van der Waals surface area contributed by atoms with E-state index in [0.29, 0.717) is 5.92 Å². The maximum absolute atomic E-state index is 12.2. The van der Waals surface area contributed by atoms with E-state index in [-0.39, 0.29) is 17.9 Å². The molecular weight excluding hydrogens is 252 g/mol. The zero-order valence-corrected chi connectivity index (χ0v) is 12.5. The van der Waals surface area contributed by atoms with Crippen LogP contribution in [0.25, 0.3) is 0 Å². The molecule has 0 saturated carbocycles. The molecule has 1 aliphatic heterocycles. The fourth-order valence-corrected chi connectivity index (χ4v) is 2.45. The van der Waals surface area contributed by atoms with Crippen LogP contribution in [0, 0.1) is 11.8 Å². The highest BCUT2D eigenvalue weighted by molar-refractivity contribution is 5.80. The van der Waals surface area contributed by atoms with E-state index in [1.807, 2.05) is 24.3 Å². The maximum Gasteiger partial charge on any atom is 0.226 e. The third-order valence-corrected chi connectivity index (χ3v) is 3.69. The Morgan fingerprint density at radius 2 is 2.10 bits per heavy atom. The van der Waals surface area contributed by atoms with Gasteiger partial charge in [-0.1, -0.05) is 32.0 Å². The molecule has 2 N–H and O–H groups in total. The molecule has 4 heteroatoms. The van der Waals surface area contributed by atoms with Crippen LogP contribution < -0.4 is 15.4 Å². The summed E-state index contributed by atoms with van der Waals surface area (Å²) in [5.74, 6) is 1.59. The lowest BCUT2D eigenvalue weighted by Gasteiger charge is -2.30. The number of amides is 1. The Balaban J connectivity index is 2.15. The Kier molecular flexibility index (Phi) is 5.01. The lowest BCUT2D eigenvalue weighted by atomic mass is 9.94. The fourth-order valence-electron chi connectivity index (χ4n) is 2.45. The van der Waals surface area contributed by atoms with Gasteiger partial charge >= 0.3 is 0 Å². The number of carbonyl (C=O) groups excluding carboxylic acids is 1. The molecule has 1 heterocycles. The van der Waals surface area contributed by atoms with Gasteiger partial charge < -0.3 is 15.4 Å². The maximum atomic E-state index is 12.2. The largest absolute Gasteiger partial charge is 0.496 e. The lowest BCUT2D eigenvalue weighted by molar-refractivity contribution is -0.127. The van der Waals surface area contributed by atoms with Gasteiger partial charge in [0.1, 0.15) is 5.75 Å². The minimum absolute atomic E-state index is 0.0132. The van der Waals surface area contributed by atoms with Gasteiger partial charge in [0, 0.05) is 18.7 Å². The number of benzene rings is 1. The summed E-state index contributed by atoms with van der Waals surface area (Å²) in [6.07, 6.45) is 0.909. The number of nitrogens with one attached hydrogen (secondary N) is 2. The monoisotopic (exact) mass is 276 g/mol. The quantitative estimate of drug-likeness (QED) is 0.837. The Morgan fingerprint density at radius 3 is 2.65 bits per heavy atom. The van der Waals surface area contributed by atoms with E-state index in [4.69, 9.17) is 4.74 Å². The van der Waals surface area contributed by atoms with Crippen LogP contribution in [-0.4, -0.2) is 26.1 Å². The van der Waals surface area contributed by atoms with Crippen LogP contribution >= 0.6 is 0 Å². The molecule has 1 unspecified atom stereocenters. The highest BCUT2D eigenvalue weighted by Gasteiger charge is 2.28. The van der Waals surface area contributed by atoms with Gasteiger partial charge in [0.15, 0.2) is 0 Å². The molecule has 1 aromatic rings. The first kappa shape index (κ1) is 14.9. The summed E-state index contributed by atoms with van der Waals surface area (Å²) in [5.41, 5.74) is 1.06. The molecule has 1 atom stereocenters. The average molecular weight is 276 g/mol. The molecule has 0 aromatic heterocycles. The third-order valence-electron chi connectivity index (χ3n) is 3.69. The second-order valence-corrected chi connectivity index (χ2v) is 5.79. The average Bonchev–Trinajstić information content (AvgIpc) is 2.35. The summed E-state index contributed by atoms with van der Waals surface area (Å²) in [7, 11) is 1.67. The Labute approximate surface area is 120 Å². The van der Waals surface area contributed by atoms with Crippen LogP contribution in [0.4, 0.5) is 0 Å². The van der Waals surface area contributed by atoms with Crippen LogP contribution in [0.1, 0.15) is 31.9 Å². The zero-order valence-electron chi connectivity index (χ0n) is 12.5. The number of methoxy groups -OCH3 is 1. The topological polar surface area (TPSA) is 50.4 Å². The number of hydrogen-bond acceptors (Lipinski definition) is 3. The van der Waals surface area contributed by atoms with Crippen molar-refractivity contribution in [3.8, 4) is 5.75 Å². The van der Waals surface area contributed by atoms with Crippen LogP contribution in [-0.2, 0) is 4.79 Å². The van der Waals surface area contributed by atoms with Crippen molar-refractivity contribution in [3.63, 3.8) is 0 Å². The predicted octanol–water partition coefficient (Wildman–Crippen LogP) is 2.12. The van der Waals surface area contributed by atoms with Gasteiger partial charge in [0.05, 0.1) is 19.1 Å². The summed E-state index contributed by atoms with van der Waals surface area (Å²) in [6, 6.07) is 7.93. The summed E-state index contributed by atoms with van der Waals surface area (Å²) in [5, 5.41) is 6.32. The first-order valence-corrected chi connectivity index (χ1v) is 7.25. The minimum atomic E-state index is 0.0132. The molecular formula is C16H24N2O2. The van der Waals surface area contributed by atoms with E-state index < -0.39 is 0 Å². The van der Waals surface area contributed by atoms with Crippen molar-refractivity contribution < 1.29 is 9.53 Å². The minimum Gasteiger partial charge on any atom is -0.496 e. The molecule has 110 valence electrons. The molecule has 1 aromatic carbocycles. The third kappa shape index (κ3) is 3.51. The molecule has 2 rings (SSSR count). The van der Waals surface area contributed by atoms with E-state index in [2.05, 4.69) is 24.5 Å². The van der Waals surface area contributed by atoms with E-state index >= 15 is 0 Å². The van der Waals surface area contributed by atoms with Crippen molar-refractivity contribution in [2.45, 2.75) is 26.3 Å². The molecule has 1 saturated heterocycles. The molecule has 0 bridgehead atoms. The van der Waals surface area contributed by atoms with E-state index in [1.54, 1.807) is 7.11 Å². The lowest BCUT2D eigenvalue weighted by Crippen LogP contribution is -2.51. The molecule has 20 heavy (non-hydrogen) atoms. The fraction of sp³-hybridized carbons (Fsp3) is 0.562. The normalized spacial score (nSPS) is 16.6. The SMILES string of the molecule is COc1ccccc1C(CC(C)C)NC(=O)C1CNC1. The second-order valence-electron chi connectivity index (χ2n) is 5.79. The van der Waals surface area contributed by atoms with E-state index in [9.17, 15) is 4.79 Å². The van der Waals surface area contributed by atoms with Crippen molar-refractivity contribution in [3.05, 3.63) is 29.8 Å². The molecule has 1 amide bonds. The van der Waals surface area contributed by atoms with Crippen molar-refractivity contribution in [1.29, 1.82) is 0 Å². The molecule has 4 nitrogen and oxygen atoms in total. The number of ether oxygens (including phenoxy) is 1. The first-order chi connectivity index (χ1) is 9.61. The predicted molar refractivity (Wildman–Crippen MR) is 79.7 cm³/mol. The van der Waals surface area contributed by atoms with Crippen LogP contribution in [0.15, 0.2) is 24.3 Å². The van der Waals surface area contributed by atoms with Crippen molar-refractivity contribution in [2.75, 3.05) is 20.2 Å². The van der Waals surface area contributed by atoms with Crippen molar-refractivity contribution in [2.24, 2.45) is 11.8 Å². The Bertz CT molecular complexity index is 456. The standard InChI is InChI=1S/C16H24N2O2/c1-11(2)8-14(18-16(19)12-9-17-10-12)13-6-4-5-7-15(13)20-3/h4-7,11-12,14,17H,8-10H2,1-3H3,(H,18,19). The van der Waals surface area contributed by atoms with Gasteiger partial charge in [-0.15, -0.1) is 0 Å².